The van der Waals surface area contributed by atoms with Crippen LogP contribution in [0.1, 0.15) is 55.6 Å². The van der Waals surface area contributed by atoms with Crippen LogP contribution in [-0.2, 0) is 24.0 Å². The van der Waals surface area contributed by atoms with Crippen molar-refractivity contribution < 1.29 is 39.9 Å². The molecule has 2 aliphatic carbocycles. The minimum Gasteiger partial charge on any atom is -0.369 e. The highest BCUT2D eigenvalue weighted by Gasteiger charge is 2.71. The molecule has 10 atom stereocenters. The first-order valence-electron chi connectivity index (χ1n) is 13.9. The predicted octanol–water partition coefficient (Wildman–Crippen LogP) is 0.436. The van der Waals surface area contributed by atoms with E-state index in [2.05, 4.69) is 5.32 Å². The molecule has 4 rings (SSSR count). The molecule has 0 aromatic rings. The lowest BCUT2D eigenvalue weighted by Gasteiger charge is -2.48. The molecule has 212 valence electrons. The van der Waals surface area contributed by atoms with Gasteiger partial charge in [-0.2, -0.15) is 13.2 Å². The van der Waals surface area contributed by atoms with E-state index in [0.29, 0.717) is 19.4 Å². The summed E-state index contributed by atoms with van der Waals surface area (Å²) in [5.74, 6) is -10.6. The highest BCUT2D eigenvalue weighted by atomic mass is 19.4. The second-order valence-corrected chi connectivity index (χ2v) is 12.0. The van der Waals surface area contributed by atoms with Gasteiger partial charge >= 0.3 is 12.1 Å². The van der Waals surface area contributed by atoms with Crippen molar-refractivity contribution in [2.24, 2.45) is 52.4 Å². The average molecular weight is 546 g/mol. The third-order valence-electron chi connectivity index (χ3n) is 8.83. The molecule has 2 heterocycles. The summed E-state index contributed by atoms with van der Waals surface area (Å²) in [6.07, 6.45) is -6.61. The van der Waals surface area contributed by atoms with E-state index < -0.39 is 95.1 Å². The lowest BCUT2D eigenvalue weighted by atomic mass is 9.63. The number of nitrogens with one attached hydrogen (secondary N) is 2. The van der Waals surface area contributed by atoms with Crippen LogP contribution in [0, 0.1) is 40.9 Å². The number of hydrogen-bond acceptors (Lipinski definition) is 5. The number of nitrogens with zero attached hydrogens (tertiary/aromatic N) is 1. The summed E-state index contributed by atoms with van der Waals surface area (Å²) in [5, 5.41) is 4.40. The molecule has 0 spiro atoms. The quantitative estimate of drug-likeness (QED) is 0.364. The van der Waals surface area contributed by atoms with E-state index in [1.165, 1.54) is 20.8 Å². The number of hydrogen-bond donors (Lipinski definition) is 4. The summed E-state index contributed by atoms with van der Waals surface area (Å²) in [4.78, 5) is 66.4. The van der Waals surface area contributed by atoms with Crippen molar-refractivity contribution in [2.45, 2.75) is 70.6 Å². The standard InChI is InChI=1S/C25H36F3N5O5/c1-23(2,3)17(32-22(38)25(26,27)28)20(36)33-10-14-11-4-5-12(8-11)16(14)24(33,21(30)37)15(18(29)34)9-13-6-7-31-19(13)35/h11-17H,4-10H2,1-3H3,(H2,29,34)(H2,30,37)(H,31,35)(H,32,38)/t11?,12?,13-,14?,15-,16?,17-,24?/m1/s1/i4D,5D/t4?,5?,11?,12?,13-,14?,15-,16?,17-,24?. The van der Waals surface area contributed by atoms with Gasteiger partial charge in [-0.1, -0.05) is 20.8 Å². The Morgan fingerprint density at radius 1 is 1.18 bits per heavy atom. The summed E-state index contributed by atoms with van der Waals surface area (Å²) in [5.41, 5.74) is 8.45. The Bertz CT molecular complexity index is 1120. The fraction of sp³-hybridized carbons (Fsp3) is 0.800. The number of fused-ring (bicyclic) bond motifs is 5. The fourth-order valence-electron chi connectivity index (χ4n) is 7.21. The first kappa shape index (κ1) is 25.4. The third kappa shape index (κ3) is 4.41. The minimum atomic E-state index is -5.30. The van der Waals surface area contributed by atoms with Gasteiger partial charge in [0.05, 0.1) is 5.92 Å². The molecule has 2 bridgehead atoms. The first-order chi connectivity index (χ1) is 18.3. The summed E-state index contributed by atoms with van der Waals surface area (Å²) in [7, 11) is 0. The van der Waals surface area contributed by atoms with E-state index in [0.717, 1.165) is 4.90 Å². The van der Waals surface area contributed by atoms with Crippen molar-refractivity contribution in [3.05, 3.63) is 0 Å². The number of alkyl halides is 3. The molecule has 4 fully saturated rings. The van der Waals surface area contributed by atoms with Crippen molar-refractivity contribution in [1.29, 1.82) is 0 Å². The Labute approximate surface area is 221 Å². The van der Waals surface area contributed by atoms with Crippen LogP contribution in [0.25, 0.3) is 0 Å². The van der Waals surface area contributed by atoms with Gasteiger partial charge in [0.1, 0.15) is 11.6 Å². The lowest BCUT2D eigenvalue weighted by molar-refractivity contribution is -0.177. The zero-order valence-electron chi connectivity index (χ0n) is 23.5. The molecule has 4 aliphatic rings. The Balaban J connectivity index is 1.87. The minimum absolute atomic E-state index is 0.217. The normalized spacial score (nSPS) is 38.6. The van der Waals surface area contributed by atoms with Crippen molar-refractivity contribution in [1.82, 2.24) is 15.5 Å². The maximum Gasteiger partial charge on any atom is 0.471 e. The van der Waals surface area contributed by atoms with Gasteiger partial charge in [0.15, 0.2) is 0 Å². The topological polar surface area (TPSA) is 165 Å². The van der Waals surface area contributed by atoms with E-state index in [1.54, 1.807) is 5.32 Å². The predicted molar refractivity (Wildman–Crippen MR) is 127 cm³/mol. The van der Waals surface area contributed by atoms with Gasteiger partial charge in [-0.15, -0.1) is 0 Å². The van der Waals surface area contributed by atoms with Crippen molar-refractivity contribution in [3.63, 3.8) is 0 Å². The Morgan fingerprint density at radius 3 is 2.32 bits per heavy atom. The molecular formula is C25H36F3N5O5. The number of primary amides is 2. The molecule has 38 heavy (non-hydrogen) atoms. The zero-order chi connectivity index (χ0) is 30.1. The lowest BCUT2D eigenvalue weighted by Crippen LogP contribution is -2.70. The van der Waals surface area contributed by atoms with Gasteiger partial charge in [-0.05, 0) is 61.1 Å². The van der Waals surface area contributed by atoms with Crippen LogP contribution in [0.3, 0.4) is 0 Å². The van der Waals surface area contributed by atoms with Crippen molar-refractivity contribution in [2.75, 3.05) is 13.1 Å². The Hall–Kier alpha value is -2.86. The van der Waals surface area contributed by atoms with E-state index in [1.807, 2.05) is 0 Å². The van der Waals surface area contributed by atoms with Crippen molar-refractivity contribution in [3.8, 4) is 0 Å². The van der Waals surface area contributed by atoms with Crippen LogP contribution < -0.4 is 22.1 Å². The van der Waals surface area contributed by atoms with Crippen LogP contribution in [0.2, 0.25) is 0 Å². The zero-order valence-corrected chi connectivity index (χ0v) is 21.5. The van der Waals surface area contributed by atoms with E-state index in [4.69, 9.17) is 14.2 Å². The molecule has 13 heteroatoms. The Kier molecular flexibility index (Phi) is 6.29. The van der Waals surface area contributed by atoms with E-state index in [-0.39, 0.29) is 18.9 Å². The molecule has 2 saturated carbocycles. The number of likely N-dealkylation sites (tertiary alicyclic amines) is 1. The van der Waals surface area contributed by atoms with Gasteiger partial charge in [0.25, 0.3) is 0 Å². The van der Waals surface area contributed by atoms with Gasteiger partial charge in [-0.25, -0.2) is 0 Å². The van der Waals surface area contributed by atoms with Crippen LogP contribution >= 0.6 is 0 Å². The second kappa shape index (κ2) is 9.41. The first-order valence-corrected chi connectivity index (χ1v) is 12.8. The van der Waals surface area contributed by atoms with Gasteiger partial charge < -0.3 is 27.0 Å². The maximum absolute atomic E-state index is 14.2. The number of halogens is 3. The molecule has 6 N–H and O–H groups in total. The number of rotatable bonds is 7. The summed E-state index contributed by atoms with van der Waals surface area (Å²) in [6, 6.07) is -1.78. The average Bonchev–Trinajstić information content (AvgIpc) is 3.56. The van der Waals surface area contributed by atoms with Gasteiger partial charge in [0.2, 0.25) is 23.6 Å². The Morgan fingerprint density at radius 2 is 1.82 bits per heavy atom. The molecule has 5 amide bonds. The highest BCUT2D eigenvalue weighted by molar-refractivity contribution is 5.99. The molecular weight excluding hydrogens is 507 g/mol. The van der Waals surface area contributed by atoms with Crippen LogP contribution in [0.4, 0.5) is 13.2 Å². The number of carbonyl (C=O) groups excluding carboxylic acids is 5. The van der Waals surface area contributed by atoms with Crippen molar-refractivity contribution >= 4 is 29.5 Å². The maximum atomic E-state index is 14.2. The molecule has 2 saturated heterocycles. The number of carbonyl (C=O) groups is 5. The van der Waals surface area contributed by atoms with E-state index in [9.17, 15) is 37.1 Å². The number of nitrogens with two attached hydrogens (primary N) is 2. The van der Waals surface area contributed by atoms with Gasteiger partial charge in [0, 0.05) is 21.7 Å². The number of amides is 5. The van der Waals surface area contributed by atoms with E-state index >= 15 is 0 Å². The largest absolute Gasteiger partial charge is 0.471 e. The fourth-order valence-corrected chi connectivity index (χ4v) is 7.21. The molecule has 7 unspecified atom stereocenters. The van der Waals surface area contributed by atoms with Crippen LogP contribution in [0.5, 0.6) is 0 Å². The molecule has 0 aromatic heterocycles. The SMILES string of the molecule is [2H]C1C([2H])C2CC1C1CN(C(=O)[C@@H](NC(=O)C(F)(F)F)C(C)(C)C)C(C(N)=O)([C@H](C[C@H]3CCNC3=O)C(N)=O)C21. The molecule has 2 aliphatic heterocycles. The monoisotopic (exact) mass is 545 g/mol. The highest BCUT2D eigenvalue weighted by Crippen LogP contribution is 2.63. The van der Waals surface area contributed by atoms with Crippen LogP contribution in [0.15, 0.2) is 0 Å². The van der Waals surface area contributed by atoms with Gasteiger partial charge in [-0.3, -0.25) is 24.0 Å². The molecule has 10 nitrogen and oxygen atoms in total. The third-order valence-corrected chi connectivity index (χ3v) is 8.83. The smallest absolute Gasteiger partial charge is 0.369 e. The van der Waals surface area contributed by atoms with Crippen LogP contribution in [-0.4, -0.2) is 65.3 Å². The summed E-state index contributed by atoms with van der Waals surface area (Å²) in [6.45, 7) is 4.42. The summed E-state index contributed by atoms with van der Waals surface area (Å²) < 4.78 is 56.9. The second-order valence-electron chi connectivity index (χ2n) is 12.0. The summed E-state index contributed by atoms with van der Waals surface area (Å²) >= 11 is 0. The molecule has 0 aromatic carbocycles. The molecule has 0 radical (unpaired) electrons.